The second-order valence-electron chi connectivity index (χ2n) is 21.0. The highest BCUT2D eigenvalue weighted by Crippen LogP contribution is 2.64. The molecule has 350 valence electrons. The molecule has 0 atom stereocenters. The van der Waals surface area contributed by atoms with Gasteiger partial charge in [-0.2, -0.15) is 0 Å². The van der Waals surface area contributed by atoms with Gasteiger partial charge in [-0.05, 0) is 167 Å². The molecular formula is C73H42N2O. The molecule has 76 heavy (non-hydrogen) atoms. The summed E-state index contributed by atoms with van der Waals surface area (Å²) in [5.74, 6) is 0. The van der Waals surface area contributed by atoms with Gasteiger partial charge in [0, 0.05) is 43.7 Å². The quantitative estimate of drug-likeness (QED) is 0.161. The molecule has 3 aromatic heterocycles. The Hall–Kier alpha value is -9.96. The Morgan fingerprint density at radius 1 is 0.263 bits per heavy atom. The van der Waals surface area contributed by atoms with Crippen LogP contribution in [0, 0.1) is 0 Å². The van der Waals surface area contributed by atoms with Crippen molar-refractivity contribution in [3.8, 4) is 55.9 Å². The highest BCUT2D eigenvalue weighted by Gasteiger charge is 2.52. The molecule has 3 heteroatoms. The summed E-state index contributed by atoms with van der Waals surface area (Å²) in [4.78, 5) is 0. The number of rotatable bonds is 4. The number of para-hydroxylation sites is 3. The Bertz CT molecular complexity index is 5130. The van der Waals surface area contributed by atoms with Crippen molar-refractivity contribution in [2.24, 2.45) is 0 Å². The fourth-order valence-electron chi connectivity index (χ4n) is 14.5. The molecule has 2 aliphatic carbocycles. The summed E-state index contributed by atoms with van der Waals surface area (Å²) >= 11 is 0. The van der Waals surface area contributed by atoms with Crippen molar-refractivity contribution in [2.75, 3.05) is 0 Å². The van der Waals surface area contributed by atoms with Gasteiger partial charge in [0.15, 0.2) is 0 Å². The van der Waals surface area contributed by atoms with E-state index in [0.717, 1.165) is 16.9 Å². The summed E-state index contributed by atoms with van der Waals surface area (Å²) in [6.45, 7) is 0. The molecule has 0 aliphatic heterocycles. The lowest BCUT2D eigenvalue weighted by Gasteiger charge is -2.31. The molecule has 0 saturated carbocycles. The predicted molar refractivity (Wildman–Crippen MR) is 316 cm³/mol. The average molecular weight is 963 g/mol. The van der Waals surface area contributed by atoms with E-state index in [1.54, 1.807) is 0 Å². The normalized spacial score (nSPS) is 13.4. The number of fused-ring (bicyclic) bond motifs is 19. The van der Waals surface area contributed by atoms with E-state index in [-0.39, 0.29) is 0 Å². The number of aromatic nitrogens is 2. The third-order valence-corrected chi connectivity index (χ3v) is 17.5. The van der Waals surface area contributed by atoms with E-state index in [9.17, 15) is 0 Å². The van der Waals surface area contributed by atoms with Crippen molar-refractivity contribution < 1.29 is 4.42 Å². The third kappa shape index (κ3) is 5.07. The fourth-order valence-corrected chi connectivity index (χ4v) is 14.5. The smallest absolute Gasteiger partial charge is 0.136 e. The predicted octanol–water partition coefficient (Wildman–Crippen LogP) is 19.2. The maximum atomic E-state index is 6.45. The van der Waals surface area contributed by atoms with Crippen LogP contribution < -0.4 is 0 Å². The molecule has 0 amide bonds. The van der Waals surface area contributed by atoms with Crippen LogP contribution in [0.2, 0.25) is 0 Å². The maximum Gasteiger partial charge on any atom is 0.136 e. The molecule has 3 nitrogen and oxygen atoms in total. The molecule has 18 rings (SSSR count). The zero-order valence-electron chi connectivity index (χ0n) is 41.1. The van der Waals surface area contributed by atoms with Crippen molar-refractivity contribution in [3.05, 3.63) is 277 Å². The molecule has 0 unspecified atom stereocenters. The minimum atomic E-state index is -0.542. The summed E-state index contributed by atoms with van der Waals surface area (Å²) in [5.41, 5.74) is 23.8. The largest absolute Gasteiger partial charge is 0.456 e. The standard InChI is InChI=1S/C73H42N2O/c1-2-15-46(16-3-1)74-64-27-10-6-19-52(64)58-39-43(32-37-66(58)74)44-33-38-67-59(40-44)53-20-7-11-28-65(53)75(67)47-34-36-56-63(42-47)73(60-24-8-4-17-50(60)51-18-5-9-25-61(51)73)62-26-12-21-48(70(56)62)45-31-35-49-54-22-13-29-68-71(54)72-55(57(49)41-45)23-14-30-69(72)76-68/h1-42H. The van der Waals surface area contributed by atoms with E-state index in [1.807, 2.05) is 0 Å². The maximum absolute atomic E-state index is 6.45. The Kier molecular flexibility index (Phi) is 7.80. The summed E-state index contributed by atoms with van der Waals surface area (Å²) in [6, 6.07) is 95.3. The zero-order chi connectivity index (χ0) is 49.4. The van der Waals surface area contributed by atoms with Crippen LogP contribution in [0.3, 0.4) is 0 Å². The molecule has 16 aromatic rings. The second-order valence-corrected chi connectivity index (χ2v) is 21.0. The molecule has 2 aliphatic rings. The molecule has 0 saturated heterocycles. The first-order valence-corrected chi connectivity index (χ1v) is 26.4. The SMILES string of the molecule is c1ccc(-n2c3ccccc3c3cc(-c4ccc5c(c4)c4ccccc4n5-c4ccc5c(c4)C4(c6ccccc6-c6ccccc64)c4cccc(-c6ccc7c(c6)c6cccc8oc9cccc7c9c86)c4-5)ccc32)cc1. The highest BCUT2D eigenvalue weighted by molar-refractivity contribution is 6.33. The van der Waals surface area contributed by atoms with Gasteiger partial charge in [-0.25, -0.2) is 0 Å². The lowest BCUT2D eigenvalue weighted by atomic mass is 9.70. The average Bonchev–Trinajstić information content (AvgIpc) is 4.34. The minimum Gasteiger partial charge on any atom is -0.456 e. The molecule has 0 radical (unpaired) electrons. The summed E-state index contributed by atoms with van der Waals surface area (Å²) < 4.78 is 11.3. The van der Waals surface area contributed by atoms with Crippen molar-refractivity contribution in [3.63, 3.8) is 0 Å². The van der Waals surface area contributed by atoms with Crippen molar-refractivity contribution >= 4 is 87.1 Å². The molecule has 0 N–H and O–H groups in total. The van der Waals surface area contributed by atoms with Crippen molar-refractivity contribution in [1.29, 1.82) is 0 Å². The van der Waals surface area contributed by atoms with Crippen LogP contribution >= 0.6 is 0 Å². The van der Waals surface area contributed by atoms with E-state index in [1.165, 1.54) is 148 Å². The van der Waals surface area contributed by atoms with Gasteiger partial charge < -0.3 is 13.6 Å². The van der Waals surface area contributed by atoms with Crippen LogP contribution in [0.4, 0.5) is 0 Å². The Morgan fingerprint density at radius 3 is 1.43 bits per heavy atom. The second kappa shape index (κ2) is 14.6. The number of benzene rings is 13. The molecule has 0 bridgehead atoms. The zero-order valence-corrected chi connectivity index (χ0v) is 41.1. The molecule has 3 heterocycles. The first-order valence-electron chi connectivity index (χ1n) is 26.4. The van der Waals surface area contributed by atoms with Crippen molar-refractivity contribution in [2.45, 2.75) is 5.41 Å². The fraction of sp³-hybridized carbons (Fsp3) is 0.0137. The van der Waals surface area contributed by atoms with Crippen LogP contribution in [-0.4, -0.2) is 9.13 Å². The van der Waals surface area contributed by atoms with Gasteiger partial charge in [-0.3, -0.25) is 0 Å². The minimum absolute atomic E-state index is 0.542. The van der Waals surface area contributed by atoms with Crippen LogP contribution in [0.1, 0.15) is 22.3 Å². The molecular weight excluding hydrogens is 921 g/mol. The van der Waals surface area contributed by atoms with E-state index in [0.29, 0.717) is 0 Å². The monoisotopic (exact) mass is 962 g/mol. The van der Waals surface area contributed by atoms with E-state index in [4.69, 9.17) is 4.42 Å². The van der Waals surface area contributed by atoms with Gasteiger partial charge in [-0.15, -0.1) is 0 Å². The Labute approximate surface area is 436 Å². The third-order valence-electron chi connectivity index (χ3n) is 17.5. The summed E-state index contributed by atoms with van der Waals surface area (Å²) in [5, 5.41) is 12.3. The topological polar surface area (TPSA) is 23.0 Å². The number of hydrogen-bond acceptors (Lipinski definition) is 1. The van der Waals surface area contributed by atoms with Gasteiger partial charge in [0.05, 0.1) is 27.5 Å². The molecule has 13 aromatic carbocycles. The lowest BCUT2D eigenvalue weighted by Crippen LogP contribution is -2.26. The van der Waals surface area contributed by atoms with Gasteiger partial charge >= 0.3 is 0 Å². The van der Waals surface area contributed by atoms with Gasteiger partial charge in [0.25, 0.3) is 0 Å². The van der Waals surface area contributed by atoms with Crippen LogP contribution in [-0.2, 0) is 5.41 Å². The number of furan rings is 1. The Morgan fingerprint density at radius 2 is 0.763 bits per heavy atom. The first kappa shape index (κ1) is 40.5. The first-order chi connectivity index (χ1) is 37.7. The van der Waals surface area contributed by atoms with E-state index in [2.05, 4.69) is 264 Å². The number of nitrogens with zero attached hydrogens (tertiary/aromatic N) is 2. The van der Waals surface area contributed by atoms with Gasteiger partial charge in [-0.1, -0.05) is 176 Å². The van der Waals surface area contributed by atoms with Crippen molar-refractivity contribution in [1.82, 2.24) is 9.13 Å². The van der Waals surface area contributed by atoms with Gasteiger partial charge in [0.1, 0.15) is 11.2 Å². The van der Waals surface area contributed by atoms with Crippen LogP contribution in [0.15, 0.2) is 259 Å². The van der Waals surface area contributed by atoms with E-state index < -0.39 is 5.41 Å². The summed E-state index contributed by atoms with van der Waals surface area (Å²) in [7, 11) is 0. The number of hydrogen-bond donors (Lipinski definition) is 0. The lowest BCUT2D eigenvalue weighted by molar-refractivity contribution is 0.669. The van der Waals surface area contributed by atoms with Gasteiger partial charge in [0.2, 0.25) is 0 Å². The molecule has 0 fully saturated rings. The summed E-state index contributed by atoms with van der Waals surface area (Å²) in [6.07, 6.45) is 0. The molecule has 1 spiro atoms. The highest BCUT2D eigenvalue weighted by atomic mass is 16.3. The van der Waals surface area contributed by atoms with E-state index >= 15 is 0 Å². The van der Waals surface area contributed by atoms with Crippen LogP contribution in [0.5, 0.6) is 0 Å². The Balaban J connectivity index is 0.854. The van der Waals surface area contributed by atoms with Crippen LogP contribution in [0.25, 0.3) is 143 Å².